The molecule has 6 heteroatoms. The highest BCUT2D eigenvalue weighted by atomic mass is 35.5. The molecule has 1 nitrogen and oxygen atoms in total. The normalized spacial score (nSPS) is 14.1. The Hall–Kier alpha value is -0.810. The van der Waals surface area contributed by atoms with Crippen molar-refractivity contribution < 1.29 is 17.6 Å². The standard InChI is InChI=1S/C11H13F4N.ClH/c1-3-5(2)11(16)8-9(14)6(12)4-7(13)10(8)15;/h4-5,11H,3,16H2,1-2H3;1H/t5?,11-;/m0./s1. The summed E-state index contributed by atoms with van der Waals surface area (Å²) >= 11 is 0. The van der Waals surface area contributed by atoms with Crippen molar-refractivity contribution in [3.05, 3.63) is 34.9 Å². The summed E-state index contributed by atoms with van der Waals surface area (Å²) in [6.45, 7) is 3.43. The predicted molar refractivity (Wildman–Crippen MR) is 59.9 cm³/mol. The van der Waals surface area contributed by atoms with E-state index < -0.39 is 34.9 Å². The fraction of sp³-hybridized carbons (Fsp3) is 0.455. The highest BCUT2D eigenvalue weighted by Gasteiger charge is 2.26. The van der Waals surface area contributed by atoms with Crippen molar-refractivity contribution >= 4 is 12.4 Å². The van der Waals surface area contributed by atoms with Crippen molar-refractivity contribution in [3.8, 4) is 0 Å². The van der Waals surface area contributed by atoms with Gasteiger partial charge in [0.15, 0.2) is 23.3 Å². The average Bonchev–Trinajstić information content (AvgIpc) is 2.25. The molecule has 0 radical (unpaired) electrons. The fourth-order valence-electron chi connectivity index (χ4n) is 1.42. The van der Waals surface area contributed by atoms with Crippen molar-refractivity contribution in [2.24, 2.45) is 11.7 Å². The van der Waals surface area contributed by atoms with Gasteiger partial charge in [-0.2, -0.15) is 0 Å². The van der Waals surface area contributed by atoms with Crippen LogP contribution < -0.4 is 5.73 Å². The maximum Gasteiger partial charge on any atom is 0.166 e. The van der Waals surface area contributed by atoms with E-state index in [0.29, 0.717) is 6.42 Å². The Morgan fingerprint density at radius 3 is 1.88 bits per heavy atom. The SMILES string of the molecule is CCC(C)[C@H](N)c1c(F)c(F)cc(F)c1F.Cl. The minimum atomic E-state index is -1.42. The van der Waals surface area contributed by atoms with Gasteiger partial charge in [0.25, 0.3) is 0 Å². The van der Waals surface area contributed by atoms with Crippen LogP contribution in [0.1, 0.15) is 31.9 Å². The van der Waals surface area contributed by atoms with Gasteiger partial charge in [0.2, 0.25) is 0 Å². The molecule has 0 spiro atoms. The second-order valence-electron chi connectivity index (χ2n) is 3.79. The molecule has 1 unspecified atom stereocenters. The third kappa shape index (κ3) is 3.10. The molecule has 98 valence electrons. The summed E-state index contributed by atoms with van der Waals surface area (Å²) in [5, 5.41) is 0. The molecule has 0 saturated carbocycles. The van der Waals surface area contributed by atoms with E-state index in [1.807, 2.05) is 0 Å². The Morgan fingerprint density at radius 1 is 1.12 bits per heavy atom. The molecular formula is C11H14ClF4N. The van der Waals surface area contributed by atoms with Crippen molar-refractivity contribution in [1.29, 1.82) is 0 Å². The van der Waals surface area contributed by atoms with Crippen LogP contribution in [0.4, 0.5) is 17.6 Å². The van der Waals surface area contributed by atoms with Crippen LogP contribution in [0.25, 0.3) is 0 Å². The molecular weight excluding hydrogens is 258 g/mol. The Morgan fingerprint density at radius 2 is 1.53 bits per heavy atom. The zero-order chi connectivity index (χ0) is 12.5. The first kappa shape index (κ1) is 16.2. The van der Waals surface area contributed by atoms with Crippen LogP contribution >= 0.6 is 12.4 Å². The minimum Gasteiger partial charge on any atom is -0.324 e. The molecule has 2 N–H and O–H groups in total. The summed E-state index contributed by atoms with van der Waals surface area (Å²) in [6.07, 6.45) is 0.554. The molecule has 0 aromatic heterocycles. The quantitative estimate of drug-likeness (QED) is 0.658. The molecule has 0 aliphatic rings. The molecule has 2 atom stereocenters. The smallest absolute Gasteiger partial charge is 0.166 e. The molecule has 1 aromatic rings. The highest BCUT2D eigenvalue weighted by Crippen LogP contribution is 2.29. The van der Waals surface area contributed by atoms with E-state index in [2.05, 4.69) is 0 Å². The van der Waals surface area contributed by atoms with E-state index in [1.165, 1.54) is 0 Å². The van der Waals surface area contributed by atoms with Crippen LogP contribution in [0.3, 0.4) is 0 Å². The van der Waals surface area contributed by atoms with Gasteiger partial charge in [-0.1, -0.05) is 20.3 Å². The van der Waals surface area contributed by atoms with E-state index in [9.17, 15) is 17.6 Å². The third-order valence-electron chi connectivity index (χ3n) is 2.74. The van der Waals surface area contributed by atoms with Gasteiger partial charge in [0.05, 0.1) is 0 Å². The Kier molecular flexibility index (Phi) is 5.92. The first-order valence-corrected chi connectivity index (χ1v) is 4.98. The van der Waals surface area contributed by atoms with Crippen LogP contribution in [-0.4, -0.2) is 0 Å². The summed E-state index contributed by atoms with van der Waals surface area (Å²) < 4.78 is 52.5. The highest BCUT2D eigenvalue weighted by molar-refractivity contribution is 5.85. The lowest BCUT2D eigenvalue weighted by atomic mass is 9.92. The second-order valence-corrected chi connectivity index (χ2v) is 3.79. The van der Waals surface area contributed by atoms with Crippen LogP contribution in [0.2, 0.25) is 0 Å². The Labute approximate surface area is 103 Å². The Bertz CT molecular complexity index is 371. The number of benzene rings is 1. The van der Waals surface area contributed by atoms with E-state index in [4.69, 9.17) is 5.73 Å². The third-order valence-corrected chi connectivity index (χ3v) is 2.74. The van der Waals surface area contributed by atoms with Crippen LogP contribution in [0.15, 0.2) is 6.07 Å². The number of halogens is 5. The molecule has 1 aromatic carbocycles. The van der Waals surface area contributed by atoms with E-state index in [-0.39, 0.29) is 24.4 Å². The van der Waals surface area contributed by atoms with Crippen LogP contribution in [-0.2, 0) is 0 Å². The topological polar surface area (TPSA) is 26.0 Å². The monoisotopic (exact) mass is 271 g/mol. The largest absolute Gasteiger partial charge is 0.324 e. The lowest BCUT2D eigenvalue weighted by Crippen LogP contribution is -2.22. The molecule has 0 aliphatic heterocycles. The van der Waals surface area contributed by atoms with E-state index in [0.717, 1.165) is 0 Å². The number of nitrogens with two attached hydrogens (primary N) is 1. The summed E-state index contributed by atoms with van der Waals surface area (Å²) in [7, 11) is 0. The molecule has 0 amide bonds. The van der Waals surface area contributed by atoms with Crippen molar-refractivity contribution in [2.45, 2.75) is 26.3 Å². The van der Waals surface area contributed by atoms with Gasteiger partial charge in [-0.25, -0.2) is 17.6 Å². The van der Waals surface area contributed by atoms with Gasteiger partial charge in [0.1, 0.15) is 0 Å². The summed E-state index contributed by atoms with van der Waals surface area (Å²) in [6, 6.07) is -0.882. The first-order valence-electron chi connectivity index (χ1n) is 4.98. The molecule has 0 heterocycles. The zero-order valence-corrected chi connectivity index (χ0v) is 10.3. The predicted octanol–water partition coefficient (Wildman–Crippen LogP) is 3.71. The molecule has 0 aliphatic carbocycles. The van der Waals surface area contributed by atoms with Gasteiger partial charge in [-0.3, -0.25) is 0 Å². The van der Waals surface area contributed by atoms with Crippen molar-refractivity contribution in [1.82, 2.24) is 0 Å². The van der Waals surface area contributed by atoms with Gasteiger partial charge < -0.3 is 5.73 Å². The zero-order valence-electron chi connectivity index (χ0n) is 9.44. The molecule has 0 bridgehead atoms. The fourth-order valence-corrected chi connectivity index (χ4v) is 1.42. The summed E-state index contributed by atoms with van der Waals surface area (Å²) in [5.41, 5.74) is 4.86. The maximum absolute atomic E-state index is 13.3. The lowest BCUT2D eigenvalue weighted by Gasteiger charge is -2.20. The Balaban J connectivity index is 0.00000256. The molecule has 0 fully saturated rings. The van der Waals surface area contributed by atoms with Gasteiger partial charge in [-0.15, -0.1) is 12.4 Å². The van der Waals surface area contributed by atoms with Crippen molar-refractivity contribution in [2.75, 3.05) is 0 Å². The van der Waals surface area contributed by atoms with Gasteiger partial charge in [0, 0.05) is 17.7 Å². The van der Waals surface area contributed by atoms with Crippen LogP contribution in [0.5, 0.6) is 0 Å². The minimum absolute atomic E-state index is 0. The average molecular weight is 272 g/mol. The first-order chi connectivity index (χ1) is 7.40. The van der Waals surface area contributed by atoms with Crippen LogP contribution in [0, 0.1) is 29.2 Å². The summed E-state index contributed by atoms with van der Waals surface area (Å²) in [5.74, 6) is -5.94. The van der Waals surface area contributed by atoms with E-state index in [1.54, 1.807) is 13.8 Å². The lowest BCUT2D eigenvalue weighted by molar-refractivity contribution is 0.384. The van der Waals surface area contributed by atoms with Gasteiger partial charge in [-0.05, 0) is 5.92 Å². The van der Waals surface area contributed by atoms with Crippen molar-refractivity contribution in [3.63, 3.8) is 0 Å². The van der Waals surface area contributed by atoms with E-state index >= 15 is 0 Å². The molecule has 1 rings (SSSR count). The second kappa shape index (κ2) is 6.21. The maximum atomic E-state index is 13.3. The number of hydrogen-bond acceptors (Lipinski definition) is 1. The number of hydrogen-bond donors (Lipinski definition) is 1. The molecule has 0 saturated heterocycles. The van der Waals surface area contributed by atoms with Gasteiger partial charge >= 0.3 is 0 Å². The number of rotatable bonds is 3. The summed E-state index contributed by atoms with van der Waals surface area (Å²) in [4.78, 5) is 0. The molecule has 17 heavy (non-hydrogen) atoms.